The van der Waals surface area contributed by atoms with Gasteiger partial charge in [-0.25, -0.2) is 0 Å². The Kier molecular flexibility index (Phi) is 5.70. The van der Waals surface area contributed by atoms with Crippen LogP contribution >= 0.6 is 0 Å². The van der Waals surface area contributed by atoms with E-state index in [4.69, 9.17) is 4.74 Å². The van der Waals surface area contributed by atoms with Crippen LogP contribution in [-0.2, 0) is 9.53 Å². The van der Waals surface area contributed by atoms with Gasteiger partial charge >= 0.3 is 5.97 Å². The minimum absolute atomic E-state index is 0.129. The summed E-state index contributed by atoms with van der Waals surface area (Å²) in [6, 6.07) is 10.0. The van der Waals surface area contributed by atoms with Crippen LogP contribution < -0.4 is 5.73 Å². The molecule has 3 N–H and O–H groups in total. The monoisotopic (exact) mass is 236 g/mol. The Balaban J connectivity index is 2.50. The number of esters is 1. The van der Waals surface area contributed by atoms with Crippen LogP contribution in [0.1, 0.15) is 31.7 Å². The molecule has 0 fully saturated rings. The van der Waals surface area contributed by atoms with Gasteiger partial charge in [-0.05, 0) is 11.5 Å². The molecule has 0 aromatic heterocycles. The lowest BCUT2D eigenvalue weighted by atomic mass is 9.96. The molecule has 94 valence electrons. The third-order valence-corrected chi connectivity index (χ3v) is 2.61. The molecule has 0 amide bonds. The zero-order chi connectivity index (χ0) is 12.7. The van der Waals surface area contributed by atoms with Gasteiger partial charge in [0.25, 0.3) is 0 Å². The largest absolute Gasteiger partial charge is 0.465 e. The first-order valence-corrected chi connectivity index (χ1v) is 6.13. The van der Waals surface area contributed by atoms with Crippen molar-refractivity contribution in [3.8, 4) is 0 Å². The molecular weight excluding hydrogens is 214 g/mol. The van der Waals surface area contributed by atoms with Gasteiger partial charge in [-0.3, -0.25) is 4.79 Å². The van der Waals surface area contributed by atoms with E-state index >= 15 is 0 Å². The number of hydrogen-bond acceptors (Lipinski definition) is 2. The molecule has 17 heavy (non-hydrogen) atoms. The number of carbonyl (C=O) groups excluding carboxylic acids is 1. The highest BCUT2D eigenvalue weighted by Gasteiger charge is 2.17. The summed E-state index contributed by atoms with van der Waals surface area (Å²) in [5, 5.41) is 0. The van der Waals surface area contributed by atoms with E-state index in [2.05, 4.69) is 5.73 Å². The number of benzene rings is 1. The number of carbonyl (C=O) groups is 1. The Morgan fingerprint density at radius 1 is 1.29 bits per heavy atom. The second-order valence-electron chi connectivity index (χ2n) is 4.68. The van der Waals surface area contributed by atoms with Crippen LogP contribution in [0.5, 0.6) is 0 Å². The first-order valence-electron chi connectivity index (χ1n) is 6.13. The molecule has 0 bridgehead atoms. The van der Waals surface area contributed by atoms with E-state index in [9.17, 15) is 4.79 Å². The predicted molar refractivity (Wildman–Crippen MR) is 67.4 cm³/mol. The minimum atomic E-state index is -0.129. The molecule has 0 heterocycles. The van der Waals surface area contributed by atoms with Crippen LogP contribution in [0.15, 0.2) is 30.3 Å². The summed E-state index contributed by atoms with van der Waals surface area (Å²) in [6.07, 6.45) is 0.417. The summed E-state index contributed by atoms with van der Waals surface area (Å²) in [7, 11) is 0. The maximum atomic E-state index is 11.6. The molecule has 0 radical (unpaired) electrons. The molecule has 3 heteroatoms. The van der Waals surface area contributed by atoms with Crippen molar-refractivity contribution < 1.29 is 15.3 Å². The first kappa shape index (κ1) is 13.7. The van der Waals surface area contributed by atoms with Gasteiger partial charge in [-0.15, -0.1) is 0 Å². The van der Waals surface area contributed by atoms with Crippen molar-refractivity contribution in [2.45, 2.75) is 26.2 Å². The Morgan fingerprint density at radius 3 is 2.47 bits per heavy atom. The van der Waals surface area contributed by atoms with Crippen LogP contribution in [0, 0.1) is 5.92 Å². The third-order valence-electron chi connectivity index (χ3n) is 2.61. The summed E-state index contributed by atoms with van der Waals surface area (Å²) in [5.74, 6) is 0.418. The molecule has 0 spiro atoms. The zero-order valence-electron chi connectivity index (χ0n) is 10.7. The Bertz CT molecular complexity index is 335. The Hall–Kier alpha value is -1.35. The first-order chi connectivity index (χ1) is 8.13. The van der Waals surface area contributed by atoms with E-state index in [1.54, 1.807) is 0 Å². The number of hydrogen-bond donors (Lipinski definition) is 1. The number of ether oxygens (including phenoxy) is 1. The van der Waals surface area contributed by atoms with Crippen LogP contribution in [0.4, 0.5) is 0 Å². The maximum Gasteiger partial charge on any atom is 0.306 e. The Morgan fingerprint density at radius 2 is 1.94 bits per heavy atom. The van der Waals surface area contributed by atoms with Crippen molar-refractivity contribution in [1.82, 2.24) is 0 Å². The zero-order valence-corrected chi connectivity index (χ0v) is 10.7. The normalized spacial score (nSPS) is 12.5. The lowest BCUT2D eigenvalue weighted by Crippen LogP contribution is -2.53. The molecule has 0 unspecified atom stereocenters. The van der Waals surface area contributed by atoms with Gasteiger partial charge in [0.2, 0.25) is 0 Å². The average molecular weight is 236 g/mol. The van der Waals surface area contributed by atoms with Crippen LogP contribution in [-0.4, -0.2) is 19.1 Å². The molecule has 0 aliphatic rings. The van der Waals surface area contributed by atoms with Gasteiger partial charge in [0.05, 0.1) is 19.6 Å². The van der Waals surface area contributed by atoms with Crippen LogP contribution in [0.3, 0.4) is 0 Å². The van der Waals surface area contributed by atoms with Crippen LogP contribution in [0.25, 0.3) is 0 Å². The van der Waals surface area contributed by atoms with Crippen molar-refractivity contribution in [3.05, 3.63) is 35.9 Å². The van der Waals surface area contributed by atoms with Crippen molar-refractivity contribution in [2.24, 2.45) is 5.92 Å². The van der Waals surface area contributed by atoms with E-state index < -0.39 is 0 Å². The standard InChI is InChI=1S/C14H21NO2/c1-11(2)10-17-14(16)8-13(9-15)12-6-4-3-5-7-12/h3-7,11,13H,8-10,15H2,1-2H3/p+1/t13-/m1/s1. The van der Waals surface area contributed by atoms with Gasteiger partial charge in [0, 0.05) is 5.92 Å². The van der Waals surface area contributed by atoms with Gasteiger partial charge in [0.1, 0.15) is 0 Å². The molecule has 0 saturated carbocycles. The molecule has 0 aliphatic heterocycles. The van der Waals surface area contributed by atoms with E-state index in [1.807, 2.05) is 44.2 Å². The van der Waals surface area contributed by atoms with Crippen molar-refractivity contribution >= 4 is 5.97 Å². The van der Waals surface area contributed by atoms with E-state index in [0.29, 0.717) is 25.5 Å². The van der Waals surface area contributed by atoms with E-state index in [1.165, 1.54) is 0 Å². The minimum Gasteiger partial charge on any atom is -0.465 e. The van der Waals surface area contributed by atoms with Gasteiger partial charge in [-0.1, -0.05) is 44.2 Å². The molecule has 1 aromatic rings. The highest BCUT2D eigenvalue weighted by Crippen LogP contribution is 2.18. The summed E-state index contributed by atoms with van der Waals surface area (Å²) in [4.78, 5) is 11.6. The molecule has 0 saturated heterocycles. The molecule has 3 nitrogen and oxygen atoms in total. The second-order valence-corrected chi connectivity index (χ2v) is 4.68. The molecular formula is C14H22NO2+. The number of quaternary nitrogens is 1. The summed E-state index contributed by atoms with van der Waals surface area (Å²) in [5.41, 5.74) is 5.06. The fourth-order valence-corrected chi connectivity index (χ4v) is 1.63. The maximum absolute atomic E-state index is 11.6. The van der Waals surface area contributed by atoms with E-state index in [-0.39, 0.29) is 11.9 Å². The quantitative estimate of drug-likeness (QED) is 0.763. The third kappa shape index (κ3) is 5.00. The van der Waals surface area contributed by atoms with Crippen molar-refractivity contribution in [1.29, 1.82) is 0 Å². The molecule has 1 aromatic carbocycles. The fraction of sp³-hybridized carbons (Fsp3) is 0.500. The average Bonchev–Trinajstić information content (AvgIpc) is 2.34. The lowest BCUT2D eigenvalue weighted by Gasteiger charge is -2.13. The van der Waals surface area contributed by atoms with Gasteiger partial charge in [0.15, 0.2) is 0 Å². The van der Waals surface area contributed by atoms with Gasteiger partial charge in [-0.2, -0.15) is 0 Å². The van der Waals surface area contributed by atoms with Crippen LogP contribution in [0.2, 0.25) is 0 Å². The molecule has 0 aliphatic carbocycles. The smallest absolute Gasteiger partial charge is 0.306 e. The Labute approximate surface area is 103 Å². The highest BCUT2D eigenvalue weighted by atomic mass is 16.5. The summed E-state index contributed by atoms with van der Waals surface area (Å²) in [6.45, 7) is 5.27. The van der Waals surface area contributed by atoms with Crippen molar-refractivity contribution in [3.63, 3.8) is 0 Å². The lowest BCUT2D eigenvalue weighted by molar-refractivity contribution is -0.372. The van der Waals surface area contributed by atoms with Crippen molar-refractivity contribution in [2.75, 3.05) is 13.2 Å². The highest BCUT2D eigenvalue weighted by molar-refractivity contribution is 5.70. The number of rotatable bonds is 6. The van der Waals surface area contributed by atoms with Gasteiger partial charge < -0.3 is 10.5 Å². The fourth-order valence-electron chi connectivity index (χ4n) is 1.63. The summed E-state index contributed by atoms with van der Waals surface area (Å²) >= 11 is 0. The second kappa shape index (κ2) is 7.07. The SMILES string of the molecule is CC(C)COC(=O)C[C@H](C[NH3+])c1ccccc1. The molecule has 1 atom stereocenters. The van der Waals surface area contributed by atoms with E-state index in [0.717, 1.165) is 5.56 Å². The summed E-state index contributed by atoms with van der Waals surface area (Å²) < 4.78 is 5.19. The predicted octanol–water partition coefficient (Wildman–Crippen LogP) is 1.60. The molecule has 1 rings (SSSR count). The topological polar surface area (TPSA) is 53.9 Å².